The Balaban J connectivity index is 3.68. The van der Waals surface area contributed by atoms with Crippen LogP contribution in [0.4, 0.5) is 0 Å². The molecule has 0 saturated carbocycles. The van der Waals surface area contributed by atoms with Crippen LogP contribution in [0.3, 0.4) is 0 Å². The zero-order valence-electron chi connectivity index (χ0n) is 8.39. The Morgan fingerprint density at radius 2 is 2.17 bits per heavy atom. The van der Waals surface area contributed by atoms with Crippen molar-refractivity contribution in [2.75, 3.05) is 0 Å². The van der Waals surface area contributed by atoms with E-state index in [1.165, 1.54) is 0 Å². The summed E-state index contributed by atoms with van der Waals surface area (Å²) in [4.78, 5) is 10.6. The van der Waals surface area contributed by atoms with Crippen molar-refractivity contribution < 1.29 is 4.79 Å². The predicted molar refractivity (Wildman–Crippen MR) is 52.8 cm³/mol. The molecule has 1 unspecified atom stereocenters. The van der Waals surface area contributed by atoms with Crippen molar-refractivity contribution in [3.63, 3.8) is 0 Å². The summed E-state index contributed by atoms with van der Waals surface area (Å²) in [6.45, 7) is 9.86. The molecule has 0 saturated heterocycles. The van der Waals surface area contributed by atoms with Crippen molar-refractivity contribution in [3.05, 3.63) is 19.1 Å². The van der Waals surface area contributed by atoms with Crippen LogP contribution in [0.1, 0.15) is 40.0 Å². The van der Waals surface area contributed by atoms with Gasteiger partial charge in [-0.2, -0.15) is 0 Å². The first kappa shape index (κ1) is 11.4. The Labute approximate surface area is 75.9 Å². The number of carbonyl (C=O) groups excluding carboxylic acids is 1. The molecular formula is C11H19O. The number of rotatable bonds is 5. The molecule has 1 radical (unpaired) electrons. The third-order valence-corrected chi connectivity index (χ3v) is 1.99. The zero-order chi connectivity index (χ0) is 9.61. The lowest BCUT2D eigenvalue weighted by Gasteiger charge is -2.16. The number of carbonyl (C=O) groups is 1. The minimum Gasteiger partial charge on any atom is -0.300 e. The Morgan fingerprint density at radius 1 is 1.58 bits per heavy atom. The monoisotopic (exact) mass is 167 g/mol. The Bertz CT molecular complexity index is 166. The van der Waals surface area contributed by atoms with Crippen LogP contribution in [0, 0.1) is 12.3 Å². The third-order valence-electron chi connectivity index (χ3n) is 1.99. The molecule has 1 atom stereocenters. The van der Waals surface area contributed by atoms with Gasteiger partial charge >= 0.3 is 0 Å². The lowest BCUT2D eigenvalue weighted by Crippen LogP contribution is -2.04. The van der Waals surface area contributed by atoms with Crippen LogP contribution in [0.2, 0.25) is 0 Å². The van der Waals surface area contributed by atoms with Crippen molar-refractivity contribution in [2.24, 2.45) is 5.41 Å². The second-order valence-electron chi connectivity index (χ2n) is 3.65. The highest BCUT2D eigenvalue weighted by Crippen LogP contribution is 2.20. The quantitative estimate of drug-likeness (QED) is 0.575. The van der Waals surface area contributed by atoms with Gasteiger partial charge in [-0.1, -0.05) is 26.0 Å². The molecule has 0 N–H and O–H groups in total. The molecule has 0 aromatic heterocycles. The molecule has 69 valence electrons. The molecule has 0 aliphatic carbocycles. The molecule has 12 heavy (non-hydrogen) atoms. The second-order valence-corrected chi connectivity index (χ2v) is 3.65. The number of hydrogen-bond acceptors (Lipinski definition) is 1. The van der Waals surface area contributed by atoms with Crippen molar-refractivity contribution in [1.29, 1.82) is 0 Å². The van der Waals surface area contributed by atoms with E-state index in [0.29, 0.717) is 6.42 Å². The number of ketones is 1. The minimum atomic E-state index is 0.0385. The van der Waals surface area contributed by atoms with E-state index in [9.17, 15) is 4.79 Å². The summed E-state index contributed by atoms with van der Waals surface area (Å²) < 4.78 is 0. The van der Waals surface area contributed by atoms with Crippen LogP contribution in [-0.2, 0) is 4.79 Å². The Kier molecular flexibility index (Phi) is 4.87. The first-order valence-electron chi connectivity index (χ1n) is 4.50. The number of Topliss-reactive ketones (excluding diaryl/α,β-unsaturated/α-hetero) is 1. The summed E-state index contributed by atoms with van der Waals surface area (Å²) >= 11 is 0. The van der Waals surface area contributed by atoms with E-state index >= 15 is 0 Å². The summed E-state index contributed by atoms with van der Waals surface area (Å²) in [5, 5.41) is 0. The summed E-state index contributed by atoms with van der Waals surface area (Å²) in [7, 11) is 0. The first-order chi connectivity index (χ1) is 5.48. The van der Waals surface area contributed by atoms with E-state index in [2.05, 4.69) is 32.9 Å². The molecule has 0 rings (SSSR count). The van der Waals surface area contributed by atoms with Crippen LogP contribution >= 0.6 is 0 Å². The van der Waals surface area contributed by atoms with Gasteiger partial charge in [-0.05, 0) is 32.1 Å². The van der Waals surface area contributed by atoms with Gasteiger partial charge in [0.1, 0.15) is 5.78 Å². The molecule has 0 bridgehead atoms. The topological polar surface area (TPSA) is 17.1 Å². The van der Waals surface area contributed by atoms with Crippen LogP contribution in [0.15, 0.2) is 12.2 Å². The van der Waals surface area contributed by atoms with Gasteiger partial charge in [0.15, 0.2) is 0 Å². The summed E-state index contributed by atoms with van der Waals surface area (Å²) in [6.07, 6.45) is 6.67. The van der Waals surface area contributed by atoms with Gasteiger partial charge in [-0.3, -0.25) is 0 Å². The molecule has 0 aromatic carbocycles. The molecule has 0 amide bonds. The second kappa shape index (κ2) is 5.13. The molecule has 0 fully saturated rings. The van der Waals surface area contributed by atoms with Gasteiger partial charge in [0.05, 0.1) is 0 Å². The standard InChI is InChI=1S/C11H19O/c1-5-11(3,4)9-7-6-8-10(2)12/h7,9H,3,5-6,8H2,1-2,4H3/b9-7+. The summed E-state index contributed by atoms with van der Waals surface area (Å²) in [5.74, 6) is 0.252. The summed E-state index contributed by atoms with van der Waals surface area (Å²) in [5.41, 5.74) is 0.0385. The lowest BCUT2D eigenvalue weighted by molar-refractivity contribution is -0.116. The lowest BCUT2D eigenvalue weighted by atomic mass is 9.89. The molecule has 0 heterocycles. The van der Waals surface area contributed by atoms with Crippen molar-refractivity contribution >= 4 is 5.78 Å². The van der Waals surface area contributed by atoms with E-state index < -0.39 is 0 Å². The average molecular weight is 167 g/mol. The fraction of sp³-hybridized carbons (Fsp3) is 0.636. The normalized spacial score (nSPS) is 12.3. The van der Waals surface area contributed by atoms with Gasteiger partial charge < -0.3 is 4.79 Å². The van der Waals surface area contributed by atoms with Gasteiger partial charge in [0, 0.05) is 6.42 Å². The van der Waals surface area contributed by atoms with Gasteiger partial charge in [-0.25, -0.2) is 0 Å². The van der Waals surface area contributed by atoms with E-state index in [0.717, 1.165) is 12.8 Å². The molecule has 0 spiro atoms. The maximum atomic E-state index is 10.6. The molecular weight excluding hydrogens is 148 g/mol. The fourth-order valence-corrected chi connectivity index (χ4v) is 0.772. The molecule has 1 heteroatoms. The van der Waals surface area contributed by atoms with Crippen molar-refractivity contribution in [2.45, 2.75) is 40.0 Å². The highest BCUT2D eigenvalue weighted by molar-refractivity contribution is 5.75. The average Bonchev–Trinajstić information content (AvgIpc) is 1.98. The molecule has 0 aliphatic rings. The molecule has 0 aliphatic heterocycles. The Morgan fingerprint density at radius 3 is 2.58 bits per heavy atom. The van der Waals surface area contributed by atoms with Gasteiger partial charge in [0.2, 0.25) is 0 Å². The highest BCUT2D eigenvalue weighted by atomic mass is 16.1. The number of hydrogen-bond donors (Lipinski definition) is 0. The SMILES string of the molecule is [CH2]C(C)(/C=C/CCC(C)=O)CC. The van der Waals surface area contributed by atoms with Crippen LogP contribution in [0.25, 0.3) is 0 Å². The minimum absolute atomic E-state index is 0.0385. The smallest absolute Gasteiger partial charge is 0.130 e. The predicted octanol–water partition coefficient (Wildman–Crippen LogP) is 3.16. The third kappa shape index (κ3) is 6.14. The van der Waals surface area contributed by atoms with Crippen molar-refractivity contribution in [3.8, 4) is 0 Å². The van der Waals surface area contributed by atoms with Crippen LogP contribution < -0.4 is 0 Å². The fourth-order valence-electron chi connectivity index (χ4n) is 0.772. The van der Waals surface area contributed by atoms with Gasteiger partial charge in [-0.15, -0.1) is 0 Å². The highest BCUT2D eigenvalue weighted by Gasteiger charge is 2.08. The van der Waals surface area contributed by atoms with E-state index in [1.54, 1.807) is 6.92 Å². The van der Waals surface area contributed by atoms with Crippen molar-refractivity contribution in [1.82, 2.24) is 0 Å². The van der Waals surface area contributed by atoms with E-state index in [4.69, 9.17) is 0 Å². The maximum Gasteiger partial charge on any atom is 0.130 e. The van der Waals surface area contributed by atoms with Gasteiger partial charge in [0.25, 0.3) is 0 Å². The maximum absolute atomic E-state index is 10.6. The molecule has 0 aromatic rings. The van der Waals surface area contributed by atoms with E-state index in [1.807, 2.05) is 0 Å². The van der Waals surface area contributed by atoms with Crippen LogP contribution in [-0.4, -0.2) is 5.78 Å². The first-order valence-corrected chi connectivity index (χ1v) is 4.50. The number of allylic oxidation sites excluding steroid dienone is 2. The zero-order valence-corrected chi connectivity index (χ0v) is 8.39. The van der Waals surface area contributed by atoms with E-state index in [-0.39, 0.29) is 11.2 Å². The largest absolute Gasteiger partial charge is 0.300 e. The summed E-state index contributed by atoms with van der Waals surface area (Å²) in [6, 6.07) is 0. The van der Waals surface area contributed by atoms with Crippen LogP contribution in [0.5, 0.6) is 0 Å². The molecule has 1 nitrogen and oxygen atoms in total. The Hall–Kier alpha value is -0.590.